The number of hydrogen-bond donors (Lipinski definition) is 2. The molecule has 0 saturated heterocycles. The molecular formula is C24H32O7. The zero-order valence-electron chi connectivity index (χ0n) is 18.4. The Labute approximate surface area is 182 Å². The maximum absolute atomic E-state index is 13.0. The molecule has 4 rings (SSSR count). The largest absolute Gasteiger partial charge is 0.509 e. The molecule has 31 heavy (non-hydrogen) atoms. The first-order valence-corrected chi connectivity index (χ1v) is 11.2. The number of carbonyl (C=O) groups is 3. The van der Waals surface area contributed by atoms with Crippen LogP contribution < -0.4 is 0 Å². The van der Waals surface area contributed by atoms with E-state index in [1.165, 1.54) is 0 Å². The molecule has 7 nitrogen and oxygen atoms in total. The summed E-state index contributed by atoms with van der Waals surface area (Å²) in [5, 5.41) is 21.2. The molecule has 1 unspecified atom stereocenters. The molecule has 0 bridgehead atoms. The maximum atomic E-state index is 13.0. The van der Waals surface area contributed by atoms with Gasteiger partial charge in [0.05, 0.1) is 12.7 Å². The average Bonchev–Trinajstić information content (AvgIpc) is 3.00. The summed E-state index contributed by atoms with van der Waals surface area (Å²) in [6.45, 7) is 5.03. The van der Waals surface area contributed by atoms with E-state index in [1.54, 1.807) is 19.1 Å². The van der Waals surface area contributed by atoms with Crippen LogP contribution in [0.2, 0.25) is 0 Å². The monoisotopic (exact) mass is 432 g/mol. The minimum Gasteiger partial charge on any atom is -0.435 e. The molecule has 0 heterocycles. The Morgan fingerprint density at radius 3 is 2.68 bits per heavy atom. The van der Waals surface area contributed by atoms with E-state index < -0.39 is 41.1 Å². The van der Waals surface area contributed by atoms with Gasteiger partial charge in [0.2, 0.25) is 5.78 Å². The number of Topliss-reactive ketones (excluding diaryl/α,β-unsaturated/α-hetero) is 1. The minimum absolute atomic E-state index is 0.0164. The van der Waals surface area contributed by atoms with Crippen LogP contribution in [0, 0.1) is 28.6 Å². The van der Waals surface area contributed by atoms with Gasteiger partial charge in [0.25, 0.3) is 0 Å². The summed E-state index contributed by atoms with van der Waals surface area (Å²) in [7, 11) is 0. The van der Waals surface area contributed by atoms with Crippen LogP contribution in [0.25, 0.3) is 0 Å². The standard InChI is InChI=1S/C24H32O7/c1-4-30-21(29)31-24(19(28)13-25)10-8-17-16-6-5-14-11-15(26)7-9-22(14,2)20(16)18(27)12-23(17,24)3/h7,9,11,16-18,20,25,27H,4-6,8,10,12-13H2,1-3H3/t16-,17-,18?,20+,22-,23-,24-/m0/s1. The van der Waals surface area contributed by atoms with Crippen LogP contribution in [0.3, 0.4) is 0 Å². The van der Waals surface area contributed by atoms with Crippen LogP contribution in [-0.2, 0) is 19.1 Å². The van der Waals surface area contributed by atoms with Gasteiger partial charge in [0.15, 0.2) is 11.4 Å². The summed E-state index contributed by atoms with van der Waals surface area (Å²) in [5.74, 6) is -0.500. The smallest absolute Gasteiger partial charge is 0.435 e. The predicted molar refractivity (Wildman–Crippen MR) is 111 cm³/mol. The van der Waals surface area contributed by atoms with Crippen molar-refractivity contribution in [2.75, 3.05) is 13.2 Å². The molecule has 3 saturated carbocycles. The van der Waals surface area contributed by atoms with Crippen LogP contribution in [0.1, 0.15) is 52.9 Å². The molecule has 2 N–H and O–H groups in total. The molecule has 0 spiro atoms. The highest BCUT2D eigenvalue weighted by Crippen LogP contribution is 2.67. The van der Waals surface area contributed by atoms with E-state index in [1.807, 2.05) is 13.0 Å². The Kier molecular flexibility index (Phi) is 5.41. The Hall–Kier alpha value is -1.99. The van der Waals surface area contributed by atoms with Crippen molar-refractivity contribution in [2.45, 2.75) is 64.6 Å². The van der Waals surface area contributed by atoms with E-state index in [4.69, 9.17) is 9.47 Å². The normalized spacial score (nSPS) is 43.4. The maximum Gasteiger partial charge on any atom is 0.509 e. The van der Waals surface area contributed by atoms with Gasteiger partial charge >= 0.3 is 6.16 Å². The lowest BCUT2D eigenvalue weighted by Gasteiger charge is -2.59. The third-order valence-corrected chi connectivity index (χ3v) is 8.73. The lowest BCUT2D eigenvalue weighted by molar-refractivity contribution is -0.183. The molecule has 7 atom stereocenters. The van der Waals surface area contributed by atoms with Crippen molar-refractivity contribution in [1.82, 2.24) is 0 Å². The van der Waals surface area contributed by atoms with Crippen LogP contribution in [-0.4, -0.2) is 52.9 Å². The average molecular weight is 433 g/mol. The Morgan fingerprint density at radius 1 is 1.26 bits per heavy atom. The summed E-state index contributed by atoms with van der Waals surface area (Å²) in [4.78, 5) is 37.2. The quantitative estimate of drug-likeness (QED) is 0.657. The fourth-order valence-electron chi connectivity index (χ4n) is 7.41. The first-order valence-electron chi connectivity index (χ1n) is 11.2. The van der Waals surface area contributed by atoms with Gasteiger partial charge in [-0.25, -0.2) is 4.79 Å². The summed E-state index contributed by atoms with van der Waals surface area (Å²) < 4.78 is 10.7. The molecule has 170 valence electrons. The molecule has 0 aromatic heterocycles. The van der Waals surface area contributed by atoms with E-state index in [2.05, 4.69) is 6.92 Å². The fraction of sp³-hybridized carbons (Fsp3) is 0.708. The number of ether oxygens (including phenoxy) is 2. The van der Waals surface area contributed by atoms with E-state index in [0.717, 1.165) is 18.4 Å². The number of hydrogen-bond acceptors (Lipinski definition) is 7. The summed E-state index contributed by atoms with van der Waals surface area (Å²) >= 11 is 0. The van der Waals surface area contributed by atoms with E-state index in [9.17, 15) is 24.6 Å². The zero-order chi connectivity index (χ0) is 22.6. The Bertz CT molecular complexity index is 860. The zero-order valence-corrected chi connectivity index (χ0v) is 18.4. The Balaban J connectivity index is 1.73. The number of aliphatic hydroxyl groups excluding tert-OH is 2. The topological polar surface area (TPSA) is 110 Å². The molecule has 0 amide bonds. The van der Waals surface area contributed by atoms with Crippen molar-refractivity contribution in [3.05, 3.63) is 23.8 Å². The van der Waals surface area contributed by atoms with Crippen molar-refractivity contribution < 1.29 is 34.1 Å². The molecule has 3 fully saturated rings. The fourth-order valence-corrected chi connectivity index (χ4v) is 7.41. The second-order valence-electron chi connectivity index (χ2n) is 9.94. The van der Waals surface area contributed by atoms with Gasteiger partial charge < -0.3 is 19.7 Å². The van der Waals surface area contributed by atoms with E-state index in [-0.39, 0.29) is 36.6 Å². The van der Waals surface area contributed by atoms with Crippen molar-refractivity contribution >= 4 is 17.7 Å². The number of rotatable bonds is 4. The predicted octanol–water partition coefficient (Wildman–Crippen LogP) is 2.74. The number of carbonyl (C=O) groups excluding carboxylic acids is 3. The number of allylic oxidation sites excluding steroid dienone is 4. The highest BCUT2D eigenvalue weighted by atomic mass is 16.7. The number of ketones is 2. The van der Waals surface area contributed by atoms with Crippen LogP contribution in [0.15, 0.2) is 23.8 Å². The molecule has 0 aromatic carbocycles. The first kappa shape index (κ1) is 22.2. The molecule has 4 aliphatic rings. The van der Waals surface area contributed by atoms with Gasteiger partial charge in [-0.05, 0) is 63.0 Å². The summed E-state index contributed by atoms with van der Waals surface area (Å²) in [6, 6.07) is 0. The van der Waals surface area contributed by atoms with Gasteiger partial charge in [0.1, 0.15) is 6.61 Å². The second kappa shape index (κ2) is 7.55. The van der Waals surface area contributed by atoms with E-state index >= 15 is 0 Å². The van der Waals surface area contributed by atoms with Gasteiger partial charge in [-0.3, -0.25) is 9.59 Å². The molecule has 0 radical (unpaired) electrons. The Morgan fingerprint density at radius 2 is 2.00 bits per heavy atom. The van der Waals surface area contributed by atoms with Crippen LogP contribution in [0.5, 0.6) is 0 Å². The van der Waals surface area contributed by atoms with Gasteiger partial charge in [-0.2, -0.15) is 0 Å². The van der Waals surface area contributed by atoms with Crippen molar-refractivity contribution in [3.8, 4) is 0 Å². The van der Waals surface area contributed by atoms with Crippen LogP contribution in [0.4, 0.5) is 4.79 Å². The molecule has 0 aliphatic heterocycles. The third-order valence-electron chi connectivity index (χ3n) is 8.73. The van der Waals surface area contributed by atoms with Crippen molar-refractivity contribution in [3.63, 3.8) is 0 Å². The third kappa shape index (κ3) is 3.04. The van der Waals surface area contributed by atoms with E-state index in [0.29, 0.717) is 12.8 Å². The number of fused-ring (bicyclic) bond motifs is 5. The minimum atomic E-state index is -1.51. The number of aliphatic hydroxyl groups is 2. The highest BCUT2D eigenvalue weighted by molar-refractivity contribution is 6.01. The molecule has 0 aromatic rings. The first-order chi connectivity index (χ1) is 14.6. The summed E-state index contributed by atoms with van der Waals surface area (Å²) in [6.07, 6.45) is 6.35. The van der Waals surface area contributed by atoms with Gasteiger partial charge in [0, 0.05) is 16.7 Å². The van der Waals surface area contributed by atoms with Crippen molar-refractivity contribution in [2.24, 2.45) is 28.6 Å². The van der Waals surface area contributed by atoms with Crippen molar-refractivity contribution in [1.29, 1.82) is 0 Å². The molecular weight excluding hydrogens is 400 g/mol. The lowest BCUT2D eigenvalue weighted by Crippen LogP contribution is -2.63. The van der Waals surface area contributed by atoms with Gasteiger partial charge in [-0.15, -0.1) is 0 Å². The summed E-state index contributed by atoms with van der Waals surface area (Å²) in [5.41, 5.74) is -1.68. The second-order valence-corrected chi connectivity index (χ2v) is 9.94. The highest BCUT2D eigenvalue weighted by Gasteiger charge is 2.70. The van der Waals surface area contributed by atoms with Crippen LogP contribution >= 0.6 is 0 Å². The SMILES string of the molecule is CCOC(=O)O[C@]1(C(=O)CO)CC[C@H]2[C@@H]3CCC4=CC(=O)C=C[C@]4(C)[C@H]3C(O)C[C@@]21C. The molecule has 7 heteroatoms. The van der Waals surface area contributed by atoms with Gasteiger partial charge in [-0.1, -0.05) is 25.5 Å². The lowest BCUT2D eigenvalue weighted by atomic mass is 9.46. The molecule has 4 aliphatic carbocycles.